The number of pyridine rings is 1. The molecular weight excluding hydrogens is 347 g/mol. The van der Waals surface area contributed by atoms with Gasteiger partial charge in [0.15, 0.2) is 0 Å². The zero-order valence-corrected chi connectivity index (χ0v) is 15.3. The van der Waals surface area contributed by atoms with E-state index in [1.54, 1.807) is 6.07 Å². The van der Waals surface area contributed by atoms with Crippen LogP contribution < -0.4 is 5.32 Å². The van der Waals surface area contributed by atoms with Crippen molar-refractivity contribution in [1.82, 2.24) is 4.98 Å². The Labute approximate surface area is 148 Å². The van der Waals surface area contributed by atoms with Crippen molar-refractivity contribution < 1.29 is 9.18 Å². The zero-order chi connectivity index (χ0) is 17.6. The minimum Gasteiger partial charge on any atom is -0.306 e. The van der Waals surface area contributed by atoms with E-state index in [4.69, 9.17) is 11.6 Å². The summed E-state index contributed by atoms with van der Waals surface area (Å²) in [6.45, 7) is 7.84. The summed E-state index contributed by atoms with van der Waals surface area (Å²) in [5.41, 5.74) is 4.01. The Morgan fingerprint density at radius 2 is 1.88 bits per heavy atom. The van der Waals surface area contributed by atoms with E-state index in [2.05, 4.69) is 10.3 Å². The minimum absolute atomic E-state index is 0.333. The lowest BCUT2D eigenvalue weighted by atomic mass is 10.0. The Morgan fingerprint density at radius 1 is 1.17 bits per heavy atom. The molecule has 0 radical (unpaired) electrons. The van der Waals surface area contributed by atoms with Gasteiger partial charge in [0.25, 0.3) is 5.91 Å². The van der Waals surface area contributed by atoms with Crippen LogP contribution in [0.1, 0.15) is 32.1 Å². The van der Waals surface area contributed by atoms with Crippen molar-refractivity contribution in [3.8, 4) is 0 Å². The second-order valence-electron chi connectivity index (χ2n) is 5.76. The Kier molecular flexibility index (Phi) is 4.32. The Balaban J connectivity index is 2.01. The standard InChI is InChI=1S/C18H16ClFN2OS/c1-8-9(2)11(4)21-17(10(8)3)22-18(23)16-15(19)13-6-5-12(20)7-14(13)24-16/h5-7H,1-4H3,(H,21,22,23). The van der Waals surface area contributed by atoms with Gasteiger partial charge in [-0.1, -0.05) is 11.6 Å². The second-order valence-corrected chi connectivity index (χ2v) is 7.19. The van der Waals surface area contributed by atoms with Gasteiger partial charge in [-0.2, -0.15) is 0 Å². The summed E-state index contributed by atoms with van der Waals surface area (Å²) < 4.78 is 14.0. The van der Waals surface area contributed by atoms with Crippen molar-refractivity contribution in [3.05, 3.63) is 56.3 Å². The van der Waals surface area contributed by atoms with Gasteiger partial charge in [-0.3, -0.25) is 4.79 Å². The van der Waals surface area contributed by atoms with E-state index in [-0.39, 0.29) is 11.7 Å². The molecule has 0 atom stereocenters. The molecule has 0 unspecified atom stereocenters. The maximum absolute atomic E-state index is 13.4. The summed E-state index contributed by atoms with van der Waals surface area (Å²) in [5.74, 6) is -0.158. The number of amides is 1. The highest BCUT2D eigenvalue weighted by Crippen LogP contribution is 2.36. The quantitative estimate of drug-likeness (QED) is 0.647. The third-order valence-corrected chi connectivity index (χ3v) is 5.99. The first kappa shape index (κ1) is 16.9. The molecule has 0 saturated heterocycles. The number of rotatable bonds is 2. The zero-order valence-electron chi connectivity index (χ0n) is 13.8. The fourth-order valence-electron chi connectivity index (χ4n) is 2.54. The first-order valence-corrected chi connectivity index (χ1v) is 8.62. The molecule has 0 aliphatic rings. The third-order valence-electron chi connectivity index (χ3n) is 4.33. The Bertz CT molecular complexity index is 981. The first-order valence-electron chi connectivity index (χ1n) is 7.43. The van der Waals surface area contributed by atoms with Crippen LogP contribution in [0.15, 0.2) is 18.2 Å². The molecule has 0 aliphatic carbocycles. The summed E-state index contributed by atoms with van der Waals surface area (Å²) in [7, 11) is 0. The lowest BCUT2D eigenvalue weighted by Gasteiger charge is -2.13. The first-order chi connectivity index (χ1) is 11.3. The molecule has 1 amide bonds. The van der Waals surface area contributed by atoms with E-state index in [0.29, 0.717) is 25.8 Å². The van der Waals surface area contributed by atoms with Crippen molar-refractivity contribution in [3.63, 3.8) is 0 Å². The summed E-state index contributed by atoms with van der Waals surface area (Å²) in [6, 6.07) is 4.30. The van der Waals surface area contributed by atoms with E-state index in [1.165, 1.54) is 23.5 Å². The predicted octanol–water partition coefficient (Wildman–Crippen LogP) is 5.57. The fraction of sp³-hybridized carbons (Fsp3) is 0.222. The van der Waals surface area contributed by atoms with Gasteiger partial charge in [-0.25, -0.2) is 9.37 Å². The molecule has 124 valence electrons. The minimum atomic E-state index is -0.352. The molecule has 0 spiro atoms. The normalized spacial score (nSPS) is 11.1. The Hall–Kier alpha value is -1.98. The number of hydrogen-bond acceptors (Lipinski definition) is 3. The van der Waals surface area contributed by atoms with Crippen LogP contribution in [0.4, 0.5) is 10.2 Å². The van der Waals surface area contributed by atoms with Crippen molar-refractivity contribution in [1.29, 1.82) is 0 Å². The van der Waals surface area contributed by atoms with Gasteiger partial charge in [-0.15, -0.1) is 11.3 Å². The summed E-state index contributed by atoms with van der Waals surface area (Å²) in [4.78, 5) is 17.5. The molecule has 2 heterocycles. The van der Waals surface area contributed by atoms with E-state index >= 15 is 0 Å². The maximum Gasteiger partial charge on any atom is 0.268 e. The molecule has 1 N–H and O–H groups in total. The van der Waals surface area contributed by atoms with Crippen molar-refractivity contribution >= 4 is 44.7 Å². The fourth-order valence-corrected chi connectivity index (χ4v) is 3.97. The lowest BCUT2D eigenvalue weighted by molar-refractivity contribution is 0.103. The van der Waals surface area contributed by atoms with Crippen LogP contribution in [-0.2, 0) is 0 Å². The average molecular weight is 363 g/mol. The van der Waals surface area contributed by atoms with Crippen LogP contribution in [-0.4, -0.2) is 10.9 Å². The molecule has 0 fully saturated rings. The molecule has 6 heteroatoms. The third kappa shape index (κ3) is 2.78. The highest BCUT2D eigenvalue weighted by Gasteiger charge is 2.19. The van der Waals surface area contributed by atoms with Crippen LogP contribution >= 0.6 is 22.9 Å². The number of carbonyl (C=O) groups excluding carboxylic acids is 1. The predicted molar refractivity (Wildman–Crippen MR) is 97.9 cm³/mol. The van der Waals surface area contributed by atoms with E-state index in [0.717, 1.165) is 22.4 Å². The number of anilines is 1. The number of halogens is 2. The summed E-state index contributed by atoms with van der Waals surface area (Å²) in [5, 5.41) is 3.85. The molecular formula is C18H16ClFN2OS. The molecule has 0 bridgehead atoms. The number of carbonyl (C=O) groups is 1. The molecule has 1 aromatic carbocycles. The largest absolute Gasteiger partial charge is 0.306 e. The molecule has 0 aliphatic heterocycles. The van der Waals surface area contributed by atoms with Crippen molar-refractivity contribution in [2.75, 3.05) is 5.32 Å². The van der Waals surface area contributed by atoms with Crippen LogP contribution in [0.2, 0.25) is 5.02 Å². The monoisotopic (exact) mass is 362 g/mol. The maximum atomic E-state index is 13.4. The summed E-state index contributed by atoms with van der Waals surface area (Å²) in [6.07, 6.45) is 0. The second kappa shape index (κ2) is 6.15. The number of aryl methyl sites for hydroxylation is 1. The molecule has 3 rings (SSSR count). The SMILES string of the molecule is Cc1nc(NC(=O)c2sc3cc(F)ccc3c2Cl)c(C)c(C)c1C. The number of nitrogens with one attached hydrogen (secondary N) is 1. The molecule has 24 heavy (non-hydrogen) atoms. The average Bonchev–Trinajstić information content (AvgIpc) is 2.86. The Morgan fingerprint density at radius 3 is 2.58 bits per heavy atom. The van der Waals surface area contributed by atoms with Gasteiger partial charge in [-0.05, 0) is 62.6 Å². The molecule has 3 nitrogen and oxygen atoms in total. The van der Waals surface area contributed by atoms with Crippen molar-refractivity contribution in [2.45, 2.75) is 27.7 Å². The van der Waals surface area contributed by atoms with Gasteiger partial charge in [0.2, 0.25) is 0 Å². The summed E-state index contributed by atoms with van der Waals surface area (Å²) >= 11 is 7.48. The number of hydrogen-bond donors (Lipinski definition) is 1. The number of benzene rings is 1. The van der Waals surface area contributed by atoms with E-state index < -0.39 is 0 Å². The highest BCUT2D eigenvalue weighted by atomic mass is 35.5. The molecule has 2 aromatic heterocycles. The van der Waals surface area contributed by atoms with Gasteiger partial charge in [0.1, 0.15) is 16.5 Å². The van der Waals surface area contributed by atoms with Gasteiger partial charge in [0.05, 0.1) is 5.02 Å². The molecule has 3 aromatic rings. The van der Waals surface area contributed by atoms with E-state index in [9.17, 15) is 9.18 Å². The number of aromatic nitrogens is 1. The van der Waals surface area contributed by atoms with Gasteiger partial charge < -0.3 is 5.32 Å². The van der Waals surface area contributed by atoms with Crippen LogP contribution in [0.5, 0.6) is 0 Å². The number of nitrogens with zero attached hydrogens (tertiary/aromatic N) is 1. The van der Waals surface area contributed by atoms with Crippen LogP contribution in [0, 0.1) is 33.5 Å². The smallest absolute Gasteiger partial charge is 0.268 e. The topological polar surface area (TPSA) is 42.0 Å². The molecule has 0 saturated carbocycles. The van der Waals surface area contributed by atoms with Gasteiger partial charge in [0, 0.05) is 15.8 Å². The number of fused-ring (bicyclic) bond motifs is 1. The van der Waals surface area contributed by atoms with Crippen LogP contribution in [0.25, 0.3) is 10.1 Å². The lowest BCUT2D eigenvalue weighted by Crippen LogP contribution is -2.14. The van der Waals surface area contributed by atoms with Crippen molar-refractivity contribution in [2.24, 2.45) is 0 Å². The number of thiophene rings is 1. The van der Waals surface area contributed by atoms with Crippen LogP contribution in [0.3, 0.4) is 0 Å². The van der Waals surface area contributed by atoms with E-state index in [1.807, 2.05) is 27.7 Å². The highest BCUT2D eigenvalue weighted by molar-refractivity contribution is 7.21. The van der Waals surface area contributed by atoms with Gasteiger partial charge >= 0.3 is 0 Å².